The van der Waals surface area contributed by atoms with Crippen LogP contribution in [0, 0.1) is 0 Å². The number of rotatable bonds is 4. The third-order valence-corrected chi connectivity index (χ3v) is 3.35. The van der Waals surface area contributed by atoms with Crippen LogP contribution in [0.3, 0.4) is 0 Å². The van der Waals surface area contributed by atoms with Crippen LogP contribution in [-0.4, -0.2) is 13.9 Å². The second-order valence-electron chi connectivity index (χ2n) is 5.05. The van der Waals surface area contributed by atoms with Gasteiger partial charge in [-0.2, -0.15) is 0 Å². The number of hydrogen-bond acceptors (Lipinski definition) is 1. The molecule has 0 saturated carbocycles. The van der Waals surface area contributed by atoms with E-state index in [1.807, 2.05) is 0 Å². The molecule has 0 aliphatic heterocycles. The summed E-state index contributed by atoms with van der Waals surface area (Å²) in [6, 6.07) is 21.3. The lowest BCUT2D eigenvalue weighted by Crippen LogP contribution is -2.48. The molecular formula is C16H20BN. The molecular weight excluding hydrogens is 217 g/mol. The van der Waals surface area contributed by atoms with E-state index in [9.17, 15) is 0 Å². The molecule has 2 aromatic carbocycles. The van der Waals surface area contributed by atoms with Crippen molar-refractivity contribution >= 4 is 18.0 Å². The van der Waals surface area contributed by atoms with Gasteiger partial charge in [0.2, 0.25) is 0 Å². The molecule has 0 radical (unpaired) electrons. The number of benzene rings is 2. The number of hydrogen-bond donors (Lipinski definition) is 0. The highest BCUT2D eigenvalue weighted by Crippen LogP contribution is 2.19. The molecule has 2 aromatic rings. The lowest BCUT2D eigenvalue weighted by molar-refractivity contribution is 1.02. The van der Waals surface area contributed by atoms with E-state index in [0.29, 0.717) is 12.7 Å². The van der Waals surface area contributed by atoms with Crippen molar-refractivity contribution in [1.82, 2.24) is 0 Å². The van der Waals surface area contributed by atoms with Crippen LogP contribution in [-0.2, 0) is 0 Å². The molecule has 18 heavy (non-hydrogen) atoms. The van der Waals surface area contributed by atoms with E-state index in [-0.39, 0.29) is 0 Å². The van der Waals surface area contributed by atoms with Gasteiger partial charge in [0.15, 0.2) is 0 Å². The Kier molecular flexibility index (Phi) is 4.09. The van der Waals surface area contributed by atoms with Crippen molar-refractivity contribution in [3.05, 3.63) is 60.7 Å². The molecule has 1 nitrogen and oxygen atoms in total. The smallest absolute Gasteiger partial charge is 0.291 e. The van der Waals surface area contributed by atoms with Crippen molar-refractivity contribution in [3.8, 4) is 0 Å². The molecule has 0 atom stereocenters. The van der Waals surface area contributed by atoms with Gasteiger partial charge in [-0.25, -0.2) is 0 Å². The minimum Gasteiger partial charge on any atom is -0.413 e. The van der Waals surface area contributed by atoms with Gasteiger partial charge >= 0.3 is 0 Å². The van der Waals surface area contributed by atoms with Gasteiger partial charge in [-0.3, -0.25) is 0 Å². The Morgan fingerprint density at radius 2 is 1.33 bits per heavy atom. The van der Waals surface area contributed by atoms with Crippen LogP contribution >= 0.6 is 0 Å². The van der Waals surface area contributed by atoms with Crippen LogP contribution < -0.4 is 10.3 Å². The second-order valence-corrected chi connectivity index (χ2v) is 5.05. The quantitative estimate of drug-likeness (QED) is 0.736. The van der Waals surface area contributed by atoms with Gasteiger partial charge in [0.1, 0.15) is 0 Å². The minimum atomic E-state index is 0.411. The summed E-state index contributed by atoms with van der Waals surface area (Å²) in [5, 5.41) is 0. The molecule has 0 heterocycles. The van der Waals surface area contributed by atoms with E-state index in [1.165, 1.54) is 11.2 Å². The molecule has 0 aromatic heterocycles. The molecule has 0 bridgehead atoms. The van der Waals surface area contributed by atoms with Crippen molar-refractivity contribution in [1.29, 1.82) is 0 Å². The first-order valence-electron chi connectivity index (χ1n) is 6.53. The summed E-state index contributed by atoms with van der Waals surface area (Å²) < 4.78 is 0. The van der Waals surface area contributed by atoms with Gasteiger partial charge in [0.25, 0.3) is 6.85 Å². The first kappa shape index (κ1) is 12.8. The maximum absolute atomic E-state index is 2.36. The van der Waals surface area contributed by atoms with Gasteiger partial charge < -0.3 is 4.81 Å². The largest absolute Gasteiger partial charge is 0.413 e. The normalized spacial score (nSPS) is 10.4. The predicted molar refractivity (Wildman–Crippen MR) is 81.8 cm³/mol. The number of anilines is 1. The average Bonchev–Trinajstić information content (AvgIpc) is 2.40. The molecule has 0 saturated heterocycles. The van der Waals surface area contributed by atoms with Crippen LogP contribution in [0.4, 0.5) is 5.69 Å². The van der Waals surface area contributed by atoms with Gasteiger partial charge in [0, 0.05) is 5.69 Å². The predicted octanol–water partition coefficient (Wildman–Crippen LogP) is 3.43. The maximum Gasteiger partial charge on any atom is 0.291 e. The van der Waals surface area contributed by atoms with E-state index >= 15 is 0 Å². The fourth-order valence-corrected chi connectivity index (χ4v) is 2.53. The van der Waals surface area contributed by atoms with E-state index in [0.717, 1.165) is 0 Å². The van der Waals surface area contributed by atoms with E-state index in [2.05, 4.69) is 86.4 Å². The second kappa shape index (κ2) is 5.77. The Balaban J connectivity index is 2.32. The molecule has 92 valence electrons. The van der Waals surface area contributed by atoms with Gasteiger partial charge in [-0.05, 0) is 25.0 Å². The molecule has 0 spiro atoms. The first-order chi connectivity index (χ1) is 8.70. The number of nitrogens with zero attached hydrogens (tertiary/aromatic N) is 1. The van der Waals surface area contributed by atoms with Crippen LogP contribution in [0.2, 0.25) is 5.82 Å². The van der Waals surface area contributed by atoms with Crippen molar-refractivity contribution in [2.75, 3.05) is 11.9 Å². The summed E-state index contributed by atoms with van der Waals surface area (Å²) in [6.07, 6.45) is 0. The third kappa shape index (κ3) is 2.76. The van der Waals surface area contributed by atoms with Crippen LogP contribution in [0.5, 0.6) is 0 Å². The zero-order valence-electron chi connectivity index (χ0n) is 11.4. The summed E-state index contributed by atoms with van der Waals surface area (Å²) in [4.78, 5) is 2.36. The summed E-state index contributed by atoms with van der Waals surface area (Å²) in [5.74, 6) is 0.567. The SMILES string of the molecule is CC(C)B(c1ccccc1)N(C)c1ccccc1. The zero-order valence-corrected chi connectivity index (χ0v) is 11.4. The highest BCUT2D eigenvalue weighted by Gasteiger charge is 2.26. The fourth-order valence-electron chi connectivity index (χ4n) is 2.53. The summed E-state index contributed by atoms with van der Waals surface area (Å²) in [7, 11) is 2.17. The van der Waals surface area contributed by atoms with Gasteiger partial charge in [0.05, 0.1) is 0 Å². The maximum atomic E-state index is 2.36. The summed E-state index contributed by atoms with van der Waals surface area (Å²) in [6.45, 7) is 4.96. The Hall–Kier alpha value is -1.70. The van der Waals surface area contributed by atoms with Crippen molar-refractivity contribution in [2.24, 2.45) is 0 Å². The minimum absolute atomic E-state index is 0.411. The monoisotopic (exact) mass is 237 g/mol. The molecule has 2 rings (SSSR count). The Labute approximate surface area is 111 Å². The molecule has 2 heteroatoms. The standard InChI is InChI=1S/C16H20BN/c1-14(2)17(15-10-6-4-7-11-15)18(3)16-12-8-5-9-13-16/h4-14H,1-3H3. The van der Waals surface area contributed by atoms with Crippen LogP contribution in [0.1, 0.15) is 13.8 Å². The third-order valence-electron chi connectivity index (χ3n) is 3.35. The van der Waals surface area contributed by atoms with E-state index in [4.69, 9.17) is 0 Å². The molecule has 0 aliphatic carbocycles. The summed E-state index contributed by atoms with van der Waals surface area (Å²) in [5.41, 5.74) is 2.64. The van der Waals surface area contributed by atoms with Crippen molar-refractivity contribution < 1.29 is 0 Å². The van der Waals surface area contributed by atoms with Crippen LogP contribution in [0.15, 0.2) is 60.7 Å². The van der Waals surface area contributed by atoms with Crippen LogP contribution in [0.25, 0.3) is 0 Å². The lowest BCUT2D eigenvalue weighted by atomic mass is 9.46. The first-order valence-corrected chi connectivity index (χ1v) is 6.53. The number of para-hydroxylation sites is 1. The molecule has 0 N–H and O–H groups in total. The van der Waals surface area contributed by atoms with Gasteiger partial charge in [-0.15, -0.1) is 0 Å². The van der Waals surface area contributed by atoms with Gasteiger partial charge in [-0.1, -0.05) is 67.8 Å². The van der Waals surface area contributed by atoms with Crippen molar-refractivity contribution in [3.63, 3.8) is 0 Å². The summed E-state index contributed by atoms with van der Waals surface area (Å²) >= 11 is 0. The lowest BCUT2D eigenvalue weighted by Gasteiger charge is -2.30. The van der Waals surface area contributed by atoms with Crippen molar-refractivity contribution in [2.45, 2.75) is 19.7 Å². The van der Waals surface area contributed by atoms with E-state index < -0.39 is 0 Å². The highest BCUT2D eigenvalue weighted by molar-refractivity contribution is 6.77. The fraction of sp³-hybridized carbons (Fsp3) is 0.250. The molecule has 0 amide bonds. The zero-order chi connectivity index (χ0) is 13.0. The van der Waals surface area contributed by atoms with E-state index in [1.54, 1.807) is 0 Å². The average molecular weight is 237 g/mol. The molecule has 0 fully saturated rings. The Morgan fingerprint density at radius 3 is 1.83 bits per heavy atom. The molecule has 0 unspecified atom stereocenters. The topological polar surface area (TPSA) is 3.24 Å². The Morgan fingerprint density at radius 1 is 0.833 bits per heavy atom. The molecule has 0 aliphatic rings. The highest BCUT2D eigenvalue weighted by atomic mass is 15.0. The Bertz CT molecular complexity index is 467.